The normalized spacial score (nSPS) is 29.9. The Bertz CT molecular complexity index is 591. The van der Waals surface area contributed by atoms with E-state index in [0.717, 1.165) is 39.0 Å². The van der Waals surface area contributed by atoms with Crippen molar-refractivity contribution in [1.29, 1.82) is 0 Å². The summed E-state index contributed by atoms with van der Waals surface area (Å²) >= 11 is 0. The van der Waals surface area contributed by atoms with E-state index in [2.05, 4.69) is 48.0 Å². The van der Waals surface area contributed by atoms with Gasteiger partial charge in [-0.2, -0.15) is 0 Å². The highest BCUT2D eigenvalue weighted by atomic mass is 16.2. The van der Waals surface area contributed by atoms with Crippen molar-refractivity contribution in [3.05, 3.63) is 35.4 Å². The van der Waals surface area contributed by atoms with Crippen LogP contribution in [-0.2, 0) is 10.2 Å². The third kappa shape index (κ3) is 2.50. The van der Waals surface area contributed by atoms with Crippen LogP contribution in [0.4, 0.5) is 0 Å². The number of likely N-dealkylation sites (tertiary alicyclic amines) is 2. The zero-order valence-electron chi connectivity index (χ0n) is 14.4. The molecule has 1 aromatic rings. The fourth-order valence-electron chi connectivity index (χ4n) is 5.24. The Hall–Kier alpha value is -1.35. The Morgan fingerprint density at radius 2 is 1.74 bits per heavy atom. The van der Waals surface area contributed by atoms with Gasteiger partial charge in [-0.25, -0.2) is 0 Å². The van der Waals surface area contributed by atoms with Crippen LogP contribution >= 0.6 is 0 Å². The van der Waals surface area contributed by atoms with E-state index in [4.69, 9.17) is 0 Å². The molecule has 3 fully saturated rings. The molecule has 2 aliphatic heterocycles. The fourth-order valence-corrected chi connectivity index (χ4v) is 5.24. The van der Waals surface area contributed by atoms with Gasteiger partial charge in [0.25, 0.3) is 0 Å². The second-order valence-corrected chi connectivity index (χ2v) is 8.11. The summed E-state index contributed by atoms with van der Waals surface area (Å²) in [4.78, 5) is 18.1. The Morgan fingerprint density at radius 1 is 1.09 bits per heavy atom. The molecule has 0 unspecified atom stereocenters. The first kappa shape index (κ1) is 15.2. The lowest BCUT2D eigenvalue weighted by Gasteiger charge is -2.33. The van der Waals surface area contributed by atoms with Crippen molar-refractivity contribution in [3.8, 4) is 0 Å². The van der Waals surface area contributed by atoms with Crippen molar-refractivity contribution < 1.29 is 4.79 Å². The number of benzene rings is 1. The third-order valence-corrected chi connectivity index (χ3v) is 6.39. The predicted octanol–water partition coefficient (Wildman–Crippen LogP) is 2.83. The second kappa shape index (κ2) is 5.62. The van der Waals surface area contributed by atoms with Gasteiger partial charge in [-0.15, -0.1) is 0 Å². The summed E-state index contributed by atoms with van der Waals surface area (Å²) in [5, 5.41) is 0. The molecule has 3 nitrogen and oxygen atoms in total. The van der Waals surface area contributed by atoms with Crippen molar-refractivity contribution in [2.24, 2.45) is 11.8 Å². The molecule has 1 amide bonds. The molecule has 0 spiro atoms. The SMILES string of the molecule is Cc1cccc(C2(C(=O)N3C[C@H]4CN(C)C[C@H]4C3)CCCC2)c1. The lowest BCUT2D eigenvalue weighted by atomic mass is 9.77. The van der Waals surface area contributed by atoms with Crippen LogP contribution in [0.5, 0.6) is 0 Å². The van der Waals surface area contributed by atoms with Gasteiger partial charge in [-0.1, -0.05) is 42.7 Å². The molecule has 2 saturated heterocycles. The van der Waals surface area contributed by atoms with Crippen LogP contribution in [0, 0.1) is 18.8 Å². The van der Waals surface area contributed by atoms with E-state index < -0.39 is 0 Å². The Kier molecular flexibility index (Phi) is 3.72. The van der Waals surface area contributed by atoms with Crippen LogP contribution in [0.1, 0.15) is 36.8 Å². The zero-order valence-corrected chi connectivity index (χ0v) is 14.4. The first-order valence-corrected chi connectivity index (χ1v) is 9.13. The van der Waals surface area contributed by atoms with Gasteiger partial charge in [-0.3, -0.25) is 4.79 Å². The summed E-state index contributed by atoms with van der Waals surface area (Å²) in [5.74, 6) is 1.80. The molecule has 1 aliphatic carbocycles. The minimum Gasteiger partial charge on any atom is -0.341 e. The van der Waals surface area contributed by atoms with E-state index >= 15 is 0 Å². The molecular formula is C20H28N2O. The van der Waals surface area contributed by atoms with Crippen molar-refractivity contribution in [1.82, 2.24) is 9.80 Å². The number of carbonyl (C=O) groups is 1. The maximum atomic E-state index is 13.5. The van der Waals surface area contributed by atoms with Gasteiger partial charge in [0.1, 0.15) is 0 Å². The van der Waals surface area contributed by atoms with Crippen molar-refractivity contribution in [2.75, 3.05) is 33.2 Å². The number of rotatable bonds is 2. The highest BCUT2D eigenvalue weighted by Gasteiger charge is 2.49. The summed E-state index contributed by atoms with van der Waals surface area (Å²) in [7, 11) is 2.20. The molecular weight excluding hydrogens is 284 g/mol. The summed E-state index contributed by atoms with van der Waals surface area (Å²) in [6.07, 6.45) is 4.42. The summed E-state index contributed by atoms with van der Waals surface area (Å²) in [6, 6.07) is 8.67. The molecule has 23 heavy (non-hydrogen) atoms. The molecule has 1 saturated carbocycles. The summed E-state index contributed by atoms with van der Waals surface area (Å²) in [6.45, 7) is 6.40. The standard InChI is InChI=1S/C20H28N2O/c1-15-6-5-7-18(10-15)20(8-3-4-9-20)19(23)22-13-16-11-21(2)12-17(16)14-22/h5-7,10,16-17H,3-4,8-9,11-14H2,1-2H3/t16-,17+. The van der Waals surface area contributed by atoms with Crippen LogP contribution in [0.15, 0.2) is 24.3 Å². The number of amides is 1. The van der Waals surface area contributed by atoms with Crippen molar-refractivity contribution in [2.45, 2.75) is 38.0 Å². The Morgan fingerprint density at radius 3 is 2.35 bits per heavy atom. The van der Waals surface area contributed by atoms with Crippen LogP contribution in [-0.4, -0.2) is 48.9 Å². The molecule has 2 atom stereocenters. The van der Waals surface area contributed by atoms with Gasteiger partial charge in [0, 0.05) is 26.2 Å². The average molecular weight is 312 g/mol. The Balaban J connectivity index is 1.60. The molecule has 124 valence electrons. The summed E-state index contributed by atoms with van der Waals surface area (Å²) in [5.41, 5.74) is 2.28. The number of aryl methyl sites for hydroxylation is 1. The molecule has 3 heteroatoms. The lowest BCUT2D eigenvalue weighted by molar-refractivity contribution is -0.136. The molecule has 0 radical (unpaired) electrons. The van der Waals surface area contributed by atoms with Gasteiger partial charge >= 0.3 is 0 Å². The van der Waals surface area contributed by atoms with E-state index in [-0.39, 0.29) is 5.41 Å². The average Bonchev–Trinajstić information content (AvgIpc) is 3.21. The molecule has 0 bridgehead atoms. The number of fused-ring (bicyclic) bond motifs is 1. The fraction of sp³-hybridized carbons (Fsp3) is 0.650. The summed E-state index contributed by atoms with van der Waals surface area (Å²) < 4.78 is 0. The number of hydrogen-bond acceptors (Lipinski definition) is 2. The van der Waals surface area contributed by atoms with E-state index in [1.54, 1.807) is 0 Å². The smallest absolute Gasteiger partial charge is 0.233 e. The zero-order chi connectivity index (χ0) is 16.0. The topological polar surface area (TPSA) is 23.6 Å². The number of carbonyl (C=O) groups excluding carboxylic acids is 1. The van der Waals surface area contributed by atoms with Crippen molar-refractivity contribution in [3.63, 3.8) is 0 Å². The largest absolute Gasteiger partial charge is 0.341 e. The Labute approximate surface area is 139 Å². The van der Waals surface area contributed by atoms with E-state index in [9.17, 15) is 4.79 Å². The van der Waals surface area contributed by atoms with E-state index in [0.29, 0.717) is 17.7 Å². The molecule has 1 aromatic carbocycles. The highest BCUT2D eigenvalue weighted by Crippen LogP contribution is 2.44. The maximum absolute atomic E-state index is 13.5. The second-order valence-electron chi connectivity index (χ2n) is 8.11. The lowest BCUT2D eigenvalue weighted by Crippen LogP contribution is -2.45. The minimum atomic E-state index is -0.240. The minimum absolute atomic E-state index is 0.240. The van der Waals surface area contributed by atoms with E-state index in [1.807, 2.05) is 0 Å². The van der Waals surface area contributed by atoms with E-state index in [1.165, 1.54) is 24.0 Å². The third-order valence-electron chi connectivity index (χ3n) is 6.39. The monoisotopic (exact) mass is 312 g/mol. The highest BCUT2D eigenvalue weighted by molar-refractivity contribution is 5.89. The van der Waals surface area contributed by atoms with Gasteiger partial charge in [0.2, 0.25) is 5.91 Å². The van der Waals surface area contributed by atoms with Gasteiger partial charge in [-0.05, 0) is 44.2 Å². The van der Waals surface area contributed by atoms with Gasteiger partial charge < -0.3 is 9.80 Å². The molecule has 0 aromatic heterocycles. The first-order valence-electron chi connectivity index (χ1n) is 9.13. The number of hydrogen-bond donors (Lipinski definition) is 0. The molecule has 3 aliphatic rings. The molecule has 0 N–H and O–H groups in total. The maximum Gasteiger partial charge on any atom is 0.233 e. The number of nitrogens with zero attached hydrogens (tertiary/aromatic N) is 2. The van der Waals surface area contributed by atoms with Crippen LogP contribution in [0.25, 0.3) is 0 Å². The predicted molar refractivity (Wildman–Crippen MR) is 92.4 cm³/mol. The van der Waals surface area contributed by atoms with Crippen molar-refractivity contribution >= 4 is 5.91 Å². The molecule has 2 heterocycles. The molecule has 4 rings (SSSR count). The van der Waals surface area contributed by atoms with Gasteiger partial charge in [0.15, 0.2) is 0 Å². The first-order chi connectivity index (χ1) is 11.1. The van der Waals surface area contributed by atoms with Crippen LogP contribution in [0.3, 0.4) is 0 Å². The quantitative estimate of drug-likeness (QED) is 0.838. The van der Waals surface area contributed by atoms with Crippen LogP contribution in [0.2, 0.25) is 0 Å². The van der Waals surface area contributed by atoms with Gasteiger partial charge in [0.05, 0.1) is 5.41 Å². The van der Waals surface area contributed by atoms with Crippen LogP contribution < -0.4 is 0 Å².